The lowest BCUT2D eigenvalue weighted by atomic mass is 9.90. The van der Waals surface area contributed by atoms with E-state index in [1.54, 1.807) is 0 Å². The summed E-state index contributed by atoms with van der Waals surface area (Å²) in [5.41, 5.74) is 1.45. The molecule has 2 heterocycles. The van der Waals surface area contributed by atoms with Crippen molar-refractivity contribution in [3.63, 3.8) is 0 Å². The topological polar surface area (TPSA) is 50.8 Å². The van der Waals surface area contributed by atoms with Gasteiger partial charge in [0.2, 0.25) is 12.7 Å². The zero-order valence-corrected chi connectivity index (χ0v) is 16.0. The Morgan fingerprint density at radius 2 is 1.89 bits per heavy atom. The molecule has 0 bridgehead atoms. The number of hydrogen-bond donors (Lipinski definition) is 1. The lowest BCUT2D eigenvalue weighted by molar-refractivity contribution is -0.137. The van der Waals surface area contributed by atoms with Crippen LogP contribution in [0, 0.1) is 11.3 Å². The number of carbonyl (C=O) groups is 1. The number of hydrogen-bond acceptors (Lipinski definition) is 4. The van der Waals surface area contributed by atoms with Gasteiger partial charge in [0.15, 0.2) is 11.5 Å². The molecule has 5 nitrogen and oxygen atoms in total. The van der Waals surface area contributed by atoms with Gasteiger partial charge < -0.3 is 19.7 Å². The minimum absolute atomic E-state index is 0.246. The fraction of sp³-hybridized carbons (Fsp3) is 0.682. The molecule has 5 rings (SSSR count). The maximum Gasteiger partial charge on any atom is 0.231 e. The van der Waals surface area contributed by atoms with Crippen molar-refractivity contribution in [1.82, 2.24) is 10.2 Å². The highest BCUT2D eigenvalue weighted by Crippen LogP contribution is 2.59. The Balaban J connectivity index is 1.35. The van der Waals surface area contributed by atoms with Crippen molar-refractivity contribution in [3.05, 3.63) is 23.8 Å². The van der Waals surface area contributed by atoms with Crippen LogP contribution in [0.1, 0.15) is 56.9 Å². The van der Waals surface area contributed by atoms with Gasteiger partial charge in [-0.15, -0.1) is 0 Å². The zero-order chi connectivity index (χ0) is 18.3. The second kappa shape index (κ2) is 7.01. The van der Waals surface area contributed by atoms with E-state index in [1.165, 1.54) is 19.3 Å². The van der Waals surface area contributed by atoms with Crippen LogP contribution in [0.25, 0.3) is 0 Å². The summed E-state index contributed by atoms with van der Waals surface area (Å²) in [6.45, 7) is 3.12. The fourth-order valence-corrected chi connectivity index (χ4v) is 5.39. The van der Waals surface area contributed by atoms with Crippen molar-refractivity contribution in [2.45, 2.75) is 64.0 Å². The number of amides is 1. The molecule has 2 aliphatic carbocycles. The summed E-state index contributed by atoms with van der Waals surface area (Å²) in [5.74, 6) is 2.27. The summed E-state index contributed by atoms with van der Waals surface area (Å²) < 4.78 is 11.0. The Morgan fingerprint density at radius 3 is 2.70 bits per heavy atom. The molecule has 0 radical (unpaired) electrons. The molecule has 2 aliphatic heterocycles. The van der Waals surface area contributed by atoms with E-state index in [-0.39, 0.29) is 5.92 Å². The molecular formula is C22H30N2O3. The molecule has 1 N–H and O–H groups in total. The molecule has 2 saturated carbocycles. The predicted octanol–water partition coefficient (Wildman–Crippen LogP) is 3.47. The second-order valence-electron chi connectivity index (χ2n) is 8.81. The van der Waals surface area contributed by atoms with E-state index in [9.17, 15) is 4.79 Å². The van der Waals surface area contributed by atoms with Crippen LogP contribution in [-0.4, -0.2) is 36.7 Å². The first-order valence-corrected chi connectivity index (χ1v) is 10.6. The standard InChI is InChI=1S/C22H30N2O3/c25-21(18-13-22(18)8-10-23-11-9-22)24(17-4-2-1-3-5-17)14-16-6-7-19-20(12-16)27-15-26-19/h6-7,12,17-18,23H,1-5,8-11,13-15H2. The normalized spacial score (nSPS) is 26.1. The van der Waals surface area contributed by atoms with E-state index in [4.69, 9.17) is 9.47 Å². The van der Waals surface area contributed by atoms with Crippen LogP contribution in [-0.2, 0) is 11.3 Å². The highest BCUT2D eigenvalue weighted by molar-refractivity contribution is 5.83. The van der Waals surface area contributed by atoms with Crippen LogP contribution in [0.5, 0.6) is 11.5 Å². The van der Waals surface area contributed by atoms with E-state index < -0.39 is 0 Å². The molecule has 1 aromatic rings. The number of carbonyl (C=O) groups excluding carboxylic acids is 1. The molecule has 3 fully saturated rings. The van der Waals surface area contributed by atoms with Crippen LogP contribution in [0.4, 0.5) is 0 Å². The third-order valence-corrected chi connectivity index (χ3v) is 7.18. The Kier molecular flexibility index (Phi) is 4.50. The number of rotatable bonds is 4. The average Bonchev–Trinajstić information content (AvgIpc) is 3.19. The number of ether oxygens (including phenoxy) is 2. The molecule has 1 atom stereocenters. The number of nitrogens with one attached hydrogen (secondary N) is 1. The van der Waals surface area contributed by atoms with Crippen molar-refractivity contribution < 1.29 is 14.3 Å². The molecule has 4 aliphatic rings. The first kappa shape index (κ1) is 17.4. The summed E-state index contributed by atoms with van der Waals surface area (Å²) in [6, 6.07) is 6.52. The Bertz CT molecular complexity index is 708. The molecule has 146 valence electrons. The lowest BCUT2D eigenvalue weighted by Gasteiger charge is -2.36. The Hall–Kier alpha value is -1.75. The third kappa shape index (κ3) is 3.31. The number of fused-ring (bicyclic) bond motifs is 1. The minimum Gasteiger partial charge on any atom is -0.454 e. The highest BCUT2D eigenvalue weighted by Gasteiger charge is 2.58. The van der Waals surface area contributed by atoms with Gasteiger partial charge in [-0.25, -0.2) is 0 Å². The lowest BCUT2D eigenvalue weighted by Crippen LogP contribution is -2.43. The van der Waals surface area contributed by atoms with Crippen molar-refractivity contribution in [2.24, 2.45) is 11.3 Å². The van der Waals surface area contributed by atoms with E-state index in [1.807, 2.05) is 6.07 Å². The van der Waals surface area contributed by atoms with Gasteiger partial charge in [-0.05, 0) is 68.3 Å². The minimum atomic E-state index is 0.246. The number of nitrogens with zero attached hydrogens (tertiary/aromatic N) is 1. The summed E-state index contributed by atoms with van der Waals surface area (Å²) in [4.78, 5) is 15.8. The van der Waals surface area contributed by atoms with Gasteiger partial charge in [-0.1, -0.05) is 25.3 Å². The first-order chi connectivity index (χ1) is 13.3. The van der Waals surface area contributed by atoms with Crippen molar-refractivity contribution >= 4 is 5.91 Å². The maximum absolute atomic E-state index is 13.6. The Morgan fingerprint density at radius 1 is 1.11 bits per heavy atom. The SMILES string of the molecule is O=C(C1CC12CCNCC2)N(Cc1ccc2c(c1)OCO2)C1CCCCC1. The molecule has 5 heteroatoms. The van der Waals surface area contributed by atoms with Gasteiger partial charge in [0.1, 0.15) is 0 Å². The molecule has 1 amide bonds. The van der Waals surface area contributed by atoms with Gasteiger partial charge in [0.05, 0.1) is 0 Å². The monoisotopic (exact) mass is 370 g/mol. The highest BCUT2D eigenvalue weighted by atomic mass is 16.7. The maximum atomic E-state index is 13.6. The molecule has 27 heavy (non-hydrogen) atoms. The van der Waals surface area contributed by atoms with Crippen LogP contribution in [0.3, 0.4) is 0 Å². The molecule has 1 unspecified atom stereocenters. The van der Waals surface area contributed by atoms with Crippen LogP contribution < -0.4 is 14.8 Å². The van der Waals surface area contributed by atoms with E-state index in [2.05, 4.69) is 22.3 Å². The van der Waals surface area contributed by atoms with Gasteiger partial charge >= 0.3 is 0 Å². The number of piperidine rings is 1. The van der Waals surface area contributed by atoms with Gasteiger partial charge in [0, 0.05) is 18.5 Å². The second-order valence-corrected chi connectivity index (χ2v) is 8.81. The van der Waals surface area contributed by atoms with E-state index in [0.29, 0.717) is 30.7 Å². The van der Waals surface area contributed by atoms with E-state index in [0.717, 1.165) is 62.3 Å². The predicted molar refractivity (Wildman–Crippen MR) is 103 cm³/mol. The molecule has 1 spiro atoms. The van der Waals surface area contributed by atoms with Crippen LogP contribution in [0.2, 0.25) is 0 Å². The molecular weight excluding hydrogens is 340 g/mol. The van der Waals surface area contributed by atoms with Gasteiger partial charge in [-0.3, -0.25) is 4.79 Å². The van der Waals surface area contributed by atoms with Crippen LogP contribution in [0.15, 0.2) is 18.2 Å². The first-order valence-electron chi connectivity index (χ1n) is 10.6. The summed E-state index contributed by atoms with van der Waals surface area (Å²) in [7, 11) is 0. The number of benzene rings is 1. The van der Waals surface area contributed by atoms with Gasteiger partial charge in [0.25, 0.3) is 0 Å². The molecule has 1 aromatic carbocycles. The van der Waals surface area contributed by atoms with Crippen molar-refractivity contribution in [2.75, 3.05) is 19.9 Å². The molecule has 0 aromatic heterocycles. The summed E-state index contributed by atoms with van der Waals surface area (Å²) in [6.07, 6.45) is 9.51. The van der Waals surface area contributed by atoms with E-state index >= 15 is 0 Å². The van der Waals surface area contributed by atoms with Crippen molar-refractivity contribution in [1.29, 1.82) is 0 Å². The van der Waals surface area contributed by atoms with Crippen LogP contribution >= 0.6 is 0 Å². The summed E-state index contributed by atoms with van der Waals surface area (Å²) >= 11 is 0. The molecule has 1 saturated heterocycles. The zero-order valence-electron chi connectivity index (χ0n) is 16.0. The largest absolute Gasteiger partial charge is 0.454 e. The third-order valence-electron chi connectivity index (χ3n) is 7.18. The Labute approximate surface area is 161 Å². The van der Waals surface area contributed by atoms with Gasteiger partial charge in [-0.2, -0.15) is 0 Å². The van der Waals surface area contributed by atoms with Crippen molar-refractivity contribution in [3.8, 4) is 11.5 Å². The quantitative estimate of drug-likeness (QED) is 0.882. The average molecular weight is 370 g/mol. The summed E-state index contributed by atoms with van der Waals surface area (Å²) in [5, 5.41) is 3.45. The smallest absolute Gasteiger partial charge is 0.231 e. The fourth-order valence-electron chi connectivity index (χ4n) is 5.39.